The molecule has 0 spiro atoms. The number of amides is 1. The highest BCUT2D eigenvalue weighted by Gasteiger charge is 2.13. The van der Waals surface area contributed by atoms with E-state index in [1.165, 1.54) is 0 Å². The first kappa shape index (κ1) is 13.1. The predicted molar refractivity (Wildman–Crippen MR) is 60.7 cm³/mol. The summed E-state index contributed by atoms with van der Waals surface area (Å²) in [7, 11) is 0. The van der Waals surface area contributed by atoms with Gasteiger partial charge in [0.1, 0.15) is 11.6 Å². The topological polar surface area (TPSA) is 29.1 Å². The second-order valence-electron chi connectivity index (χ2n) is 3.71. The predicted octanol–water partition coefficient (Wildman–Crippen LogP) is 3.50. The van der Waals surface area contributed by atoms with Gasteiger partial charge in [-0.25, -0.2) is 17.6 Å². The summed E-state index contributed by atoms with van der Waals surface area (Å²) in [5.41, 5.74) is -0.586. The van der Waals surface area contributed by atoms with Gasteiger partial charge in [0, 0.05) is 11.8 Å². The molecule has 6 heteroatoms. The molecule has 0 bridgehead atoms. The molecule has 0 aliphatic heterocycles. The number of halogens is 4. The Morgan fingerprint density at radius 3 is 2.21 bits per heavy atom. The number of hydrogen-bond acceptors (Lipinski definition) is 1. The fourth-order valence-electron chi connectivity index (χ4n) is 1.44. The summed E-state index contributed by atoms with van der Waals surface area (Å²) in [5, 5.41) is 2.14. The van der Waals surface area contributed by atoms with Crippen molar-refractivity contribution in [2.75, 3.05) is 5.32 Å². The van der Waals surface area contributed by atoms with Crippen LogP contribution in [0.25, 0.3) is 0 Å². The molecule has 98 valence electrons. The molecule has 0 aliphatic rings. The number of hydrogen-bond donors (Lipinski definition) is 1. The summed E-state index contributed by atoms with van der Waals surface area (Å²) < 4.78 is 51.8. The first-order valence-corrected chi connectivity index (χ1v) is 5.19. The van der Waals surface area contributed by atoms with Crippen LogP contribution < -0.4 is 5.32 Å². The van der Waals surface area contributed by atoms with E-state index in [0.717, 1.165) is 30.3 Å². The highest BCUT2D eigenvalue weighted by atomic mass is 19.2. The second kappa shape index (κ2) is 5.09. The summed E-state index contributed by atoms with van der Waals surface area (Å²) >= 11 is 0. The Balaban J connectivity index is 2.25. The Labute approximate surface area is 105 Å². The third-order valence-electron chi connectivity index (χ3n) is 2.35. The number of carbonyl (C=O) groups excluding carboxylic acids is 1. The van der Waals surface area contributed by atoms with Gasteiger partial charge in [0.25, 0.3) is 5.91 Å². The van der Waals surface area contributed by atoms with Crippen LogP contribution in [0.5, 0.6) is 0 Å². The van der Waals surface area contributed by atoms with E-state index in [0.29, 0.717) is 6.07 Å². The largest absolute Gasteiger partial charge is 0.322 e. The summed E-state index contributed by atoms with van der Waals surface area (Å²) in [5.74, 6) is -4.88. The van der Waals surface area contributed by atoms with Crippen LogP contribution >= 0.6 is 0 Å². The van der Waals surface area contributed by atoms with E-state index < -0.39 is 34.7 Å². The van der Waals surface area contributed by atoms with Gasteiger partial charge in [-0.1, -0.05) is 0 Å². The minimum absolute atomic E-state index is 0.0624. The van der Waals surface area contributed by atoms with Crippen molar-refractivity contribution in [3.05, 3.63) is 65.2 Å². The zero-order chi connectivity index (χ0) is 14.0. The van der Waals surface area contributed by atoms with E-state index in [1.807, 2.05) is 0 Å². The zero-order valence-electron chi connectivity index (χ0n) is 9.38. The quantitative estimate of drug-likeness (QED) is 0.831. The minimum Gasteiger partial charge on any atom is -0.322 e. The van der Waals surface area contributed by atoms with Crippen LogP contribution in [0.3, 0.4) is 0 Å². The average Bonchev–Trinajstić information content (AvgIpc) is 2.36. The lowest BCUT2D eigenvalue weighted by atomic mass is 10.2. The highest BCUT2D eigenvalue weighted by molar-refractivity contribution is 6.04. The Morgan fingerprint density at radius 2 is 1.53 bits per heavy atom. The van der Waals surface area contributed by atoms with Gasteiger partial charge < -0.3 is 5.32 Å². The number of carbonyl (C=O) groups is 1. The number of nitrogens with one attached hydrogen (secondary N) is 1. The van der Waals surface area contributed by atoms with Crippen LogP contribution in [-0.4, -0.2) is 5.91 Å². The van der Waals surface area contributed by atoms with E-state index in [9.17, 15) is 22.4 Å². The summed E-state index contributed by atoms with van der Waals surface area (Å²) in [6.45, 7) is 0. The van der Waals surface area contributed by atoms with Crippen molar-refractivity contribution in [3.63, 3.8) is 0 Å². The van der Waals surface area contributed by atoms with Gasteiger partial charge in [-0.15, -0.1) is 0 Å². The average molecular weight is 269 g/mol. The monoisotopic (exact) mass is 269 g/mol. The van der Waals surface area contributed by atoms with Crippen LogP contribution in [0.1, 0.15) is 10.4 Å². The first-order valence-electron chi connectivity index (χ1n) is 5.19. The number of benzene rings is 2. The van der Waals surface area contributed by atoms with Crippen LogP contribution in [0.2, 0.25) is 0 Å². The van der Waals surface area contributed by atoms with Gasteiger partial charge in [0.15, 0.2) is 11.6 Å². The smallest absolute Gasteiger partial charge is 0.258 e. The van der Waals surface area contributed by atoms with Gasteiger partial charge in [0.05, 0.1) is 5.56 Å². The molecular weight excluding hydrogens is 262 g/mol. The van der Waals surface area contributed by atoms with Crippen molar-refractivity contribution in [2.45, 2.75) is 0 Å². The second-order valence-corrected chi connectivity index (χ2v) is 3.71. The molecule has 2 aromatic rings. The fraction of sp³-hybridized carbons (Fsp3) is 0. The van der Waals surface area contributed by atoms with Gasteiger partial charge in [-0.05, 0) is 30.3 Å². The maximum absolute atomic E-state index is 13.3. The molecule has 0 aliphatic carbocycles. The lowest BCUT2D eigenvalue weighted by Gasteiger charge is -2.06. The molecule has 0 heterocycles. The molecule has 0 atom stereocenters. The first-order chi connectivity index (χ1) is 8.97. The Hall–Kier alpha value is -2.37. The maximum atomic E-state index is 13.3. The summed E-state index contributed by atoms with van der Waals surface area (Å²) in [4.78, 5) is 11.6. The Bertz CT molecular complexity index is 643. The summed E-state index contributed by atoms with van der Waals surface area (Å²) in [6, 6.07) is 5.04. The van der Waals surface area contributed by atoms with E-state index in [2.05, 4.69) is 5.32 Å². The summed E-state index contributed by atoms with van der Waals surface area (Å²) in [6.07, 6.45) is 0. The van der Waals surface area contributed by atoms with Crippen molar-refractivity contribution in [3.8, 4) is 0 Å². The fourth-order valence-corrected chi connectivity index (χ4v) is 1.44. The van der Waals surface area contributed by atoms with E-state index in [4.69, 9.17) is 0 Å². The van der Waals surface area contributed by atoms with E-state index >= 15 is 0 Å². The molecule has 1 amide bonds. The molecule has 2 nitrogen and oxygen atoms in total. The van der Waals surface area contributed by atoms with E-state index in [-0.39, 0.29) is 5.69 Å². The molecular formula is C13H7F4NO. The normalized spacial score (nSPS) is 10.3. The zero-order valence-corrected chi connectivity index (χ0v) is 9.38. The van der Waals surface area contributed by atoms with Gasteiger partial charge in [-0.3, -0.25) is 4.79 Å². The van der Waals surface area contributed by atoms with Crippen molar-refractivity contribution in [1.82, 2.24) is 0 Å². The van der Waals surface area contributed by atoms with Crippen LogP contribution in [-0.2, 0) is 0 Å². The molecule has 2 aromatic carbocycles. The standard InChI is InChI=1S/C13H7F4NO/c14-7-1-3-10(15)9(5-7)13(19)18-8-2-4-11(16)12(17)6-8/h1-6H,(H,18,19). The highest BCUT2D eigenvalue weighted by Crippen LogP contribution is 2.16. The molecule has 0 saturated heterocycles. The van der Waals surface area contributed by atoms with Crippen molar-refractivity contribution < 1.29 is 22.4 Å². The lowest BCUT2D eigenvalue weighted by molar-refractivity contribution is 0.102. The minimum atomic E-state index is -1.16. The molecule has 0 radical (unpaired) electrons. The van der Waals surface area contributed by atoms with E-state index in [1.54, 1.807) is 0 Å². The number of anilines is 1. The van der Waals surface area contributed by atoms with Crippen molar-refractivity contribution in [2.24, 2.45) is 0 Å². The number of rotatable bonds is 2. The molecule has 19 heavy (non-hydrogen) atoms. The Kier molecular flexibility index (Phi) is 3.50. The van der Waals surface area contributed by atoms with Gasteiger partial charge in [-0.2, -0.15) is 0 Å². The van der Waals surface area contributed by atoms with Gasteiger partial charge in [0.2, 0.25) is 0 Å². The molecule has 0 fully saturated rings. The van der Waals surface area contributed by atoms with Crippen LogP contribution in [0, 0.1) is 23.3 Å². The van der Waals surface area contributed by atoms with Crippen LogP contribution in [0.4, 0.5) is 23.2 Å². The van der Waals surface area contributed by atoms with Crippen LogP contribution in [0.15, 0.2) is 36.4 Å². The lowest BCUT2D eigenvalue weighted by Crippen LogP contribution is -2.14. The molecule has 0 unspecified atom stereocenters. The molecule has 1 N–H and O–H groups in total. The van der Waals surface area contributed by atoms with Crippen molar-refractivity contribution in [1.29, 1.82) is 0 Å². The molecule has 0 aromatic heterocycles. The third kappa shape index (κ3) is 2.90. The van der Waals surface area contributed by atoms with Crippen molar-refractivity contribution >= 4 is 11.6 Å². The SMILES string of the molecule is O=C(Nc1ccc(F)c(F)c1)c1cc(F)ccc1F. The Morgan fingerprint density at radius 1 is 0.842 bits per heavy atom. The maximum Gasteiger partial charge on any atom is 0.258 e. The molecule has 0 saturated carbocycles. The van der Waals surface area contributed by atoms with Gasteiger partial charge >= 0.3 is 0 Å². The molecule has 2 rings (SSSR count). The third-order valence-corrected chi connectivity index (χ3v) is 2.35.